The van der Waals surface area contributed by atoms with E-state index in [2.05, 4.69) is 15.6 Å². The van der Waals surface area contributed by atoms with Gasteiger partial charge in [-0.3, -0.25) is 14.5 Å². The van der Waals surface area contributed by atoms with Crippen molar-refractivity contribution >= 4 is 28.5 Å². The van der Waals surface area contributed by atoms with Crippen molar-refractivity contribution in [2.75, 3.05) is 12.0 Å². The number of carbonyl (C=O) groups is 2. The first-order chi connectivity index (χ1) is 19.1. The second kappa shape index (κ2) is 11.6. The van der Waals surface area contributed by atoms with Crippen LogP contribution in [0.3, 0.4) is 0 Å². The predicted molar refractivity (Wildman–Crippen MR) is 150 cm³/mol. The lowest BCUT2D eigenvalue weighted by molar-refractivity contribution is -0.127. The standard InChI is InChI=1S/C31H29N5O3/c1-22-12-6-7-15-24(22)30(31(38)32-20-23-13-4-3-5-14-23)36(27-18-10-11-19-28(27)39-2)29(37)21-35-26-17-9-8-16-25(26)33-34-35/h3-19,30H,20-21H2,1-2H3,(H,32,38)/t30-/m0/s1. The highest BCUT2D eigenvalue weighted by Gasteiger charge is 2.35. The molecule has 1 atom stereocenters. The van der Waals surface area contributed by atoms with Crippen LogP contribution in [0, 0.1) is 6.92 Å². The van der Waals surface area contributed by atoms with Crippen LogP contribution in [-0.2, 0) is 22.7 Å². The van der Waals surface area contributed by atoms with Gasteiger partial charge in [-0.25, -0.2) is 4.68 Å². The third-order valence-corrected chi connectivity index (χ3v) is 6.62. The lowest BCUT2D eigenvalue weighted by atomic mass is 9.98. The highest BCUT2D eigenvalue weighted by molar-refractivity contribution is 6.02. The van der Waals surface area contributed by atoms with Gasteiger partial charge in [-0.15, -0.1) is 5.10 Å². The van der Waals surface area contributed by atoms with E-state index in [9.17, 15) is 9.59 Å². The molecule has 2 amide bonds. The van der Waals surface area contributed by atoms with Crippen LogP contribution in [-0.4, -0.2) is 33.9 Å². The molecule has 0 aliphatic rings. The molecular formula is C31H29N5O3. The molecule has 0 bridgehead atoms. The Hall–Kier alpha value is -4.98. The van der Waals surface area contributed by atoms with Crippen molar-refractivity contribution in [3.05, 3.63) is 120 Å². The van der Waals surface area contributed by atoms with Gasteiger partial charge < -0.3 is 10.1 Å². The number of fused-ring (bicyclic) bond motifs is 1. The maximum absolute atomic E-state index is 14.2. The maximum atomic E-state index is 14.2. The first-order valence-corrected chi connectivity index (χ1v) is 12.7. The first-order valence-electron chi connectivity index (χ1n) is 12.7. The zero-order valence-corrected chi connectivity index (χ0v) is 21.8. The summed E-state index contributed by atoms with van der Waals surface area (Å²) in [6, 6.07) is 31.0. The molecule has 0 unspecified atom stereocenters. The summed E-state index contributed by atoms with van der Waals surface area (Å²) in [4.78, 5) is 29.8. The zero-order valence-electron chi connectivity index (χ0n) is 21.8. The SMILES string of the molecule is COc1ccccc1N(C(=O)Cn1nnc2ccccc21)[C@H](C(=O)NCc1ccccc1)c1ccccc1C. The maximum Gasteiger partial charge on any atom is 0.249 e. The van der Waals surface area contributed by atoms with E-state index >= 15 is 0 Å². The van der Waals surface area contributed by atoms with Crippen molar-refractivity contribution in [2.45, 2.75) is 26.1 Å². The fraction of sp³-hybridized carbons (Fsp3) is 0.161. The van der Waals surface area contributed by atoms with Crippen LogP contribution in [0.5, 0.6) is 5.75 Å². The van der Waals surface area contributed by atoms with Gasteiger partial charge >= 0.3 is 0 Å². The lowest BCUT2D eigenvalue weighted by Crippen LogP contribution is -2.45. The van der Waals surface area contributed by atoms with Crippen LogP contribution in [0.1, 0.15) is 22.7 Å². The van der Waals surface area contributed by atoms with Crippen LogP contribution in [0.4, 0.5) is 5.69 Å². The van der Waals surface area contributed by atoms with Gasteiger partial charge in [0.15, 0.2) is 0 Å². The minimum Gasteiger partial charge on any atom is -0.495 e. The van der Waals surface area contributed by atoms with Gasteiger partial charge in [0.25, 0.3) is 0 Å². The van der Waals surface area contributed by atoms with E-state index in [0.29, 0.717) is 29.1 Å². The number of benzene rings is 4. The van der Waals surface area contributed by atoms with Crippen LogP contribution < -0.4 is 15.0 Å². The van der Waals surface area contributed by atoms with Crippen molar-refractivity contribution in [3.63, 3.8) is 0 Å². The third-order valence-electron chi connectivity index (χ3n) is 6.62. The number of ether oxygens (including phenoxy) is 1. The number of hydrogen-bond acceptors (Lipinski definition) is 5. The molecule has 1 N–H and O–H groups in total. The second-order valence-corrected chi connectivity index (χ2v) is 9.13. The molecule has 1 heterocycles. The molecule has 0 fully saturated rings. The molecule has 0 spiro atoms. The van der Waals surface area contributed by atoms with Crippen LogP contribution >= 0.6 is 0 Å². The summed E-state index contributed by atoms with van der Waals surface area (Å²) >= 11 is 0. The number of rotatable bonds is 9. The fourth-order valence-electron chi connectivity index (χ4n) is 4.66. The molecule has 196 valence electrons. The summed E-state index contributed by atoms with van der Waals surface area (Å²) in [7, 11) is 1.55. The quantitative estimate of drug-likeness (QED) is 0.301. The monoisotopic (exact) mass is 519 g/mol. The van der Waals surface area contributed by atoms with Gasteiger partial charge in [0.1, 0.15) is 23.9 Å². The summed E-state index contributed by atoms with van der Waals surface area (Å²) in [5.74, 6) is -0.169. The summed E-state index contributed by atoms with van der Waals surface area (Å²) in [5, 5.41) is 11.5. The van der Waals surface area contributed by atoms with Gasteiger partial charge in [0.05, 0.1) is 18.3 Å². The highest BCUT2D eigenvalue weighted by Crippen LogP contribution is 2.36. The topological polar surface area (TPSA) is 89.3 Å². The molecule has 1 aromatic heterocycles. The molecular weight excluding hydrogens is 490 g/mol. The highest BCUT2D eigenvalue weighted by atomic mass is 16.5. The Bertz CT molecular complexity index is 1600. The lowest BCUT2D eigenvalue weighted by Gasteiger charge is -2.33. The predicted octanol–water partition coefficient (Wildman–Crippen LogP) is 4.84. The van der Waals surface area contributed by atoms with Gasteiger partial charge in [-0.1, -0.05) is 84.1 Å². The number of aryl methyl sites for hydroxylation is 1. The van der Waals surface area contributed by atoms with E-state index in [-0.39, 0.29) is 18.4 Å². The van der Waals surface area contributed by atoms with Crippen molar-refractivity contribution in [1.29, 1.82) is 0 Å². The van der Waals surface area contributed by atoms with Crippen LogP contribution in [0.25, 0.3) is 11.0 Å². The van der Waals surface area contributed by atoms with E-state index in [1.165, 1.54) is 4.90 Å². The van der Waals surface area contributed by atoms with Crippen LogP contribution in [0.2, 0.25) is 0 Å². The van der Waals surface area contributed by atoms with E-state index in [4.69, 9.17) is 4.74 Å². The number of nitrogens with one attached hydrogen (secondary N) is 1. The number of para-hydroxylation sites is 3. The molecule has 0 saturated carbocycles. The third kappa shape index (κ3) is 5.50. The molecule has 8 heteroatoms. The molecule has 4 aromatic carbocycles. The minimum absolute atomic E-state index is 0.118. The molecule has 0 aliphatic carbocycles. The minimum atomic E-state index is -0.964. The Morgan fingerprint density at radius 3 is 2.38 bits per heavy atom. The number of nitrogens with zero attached hydrogens (tertiary/aromatic N) is 4. The number of methoxy groups -OCH3 is 1. The number of aromatic nitrogens is 3. The Kier molecular flexibility index (Phi) is 7.63. The smallest absolute Gasteiger partial charge is 0.249 e. The molecule has 0 radical (unpaired) electrons. The Labute approximate surface area is 226 Å². The Morgan fingerprint density at radius 1 is 0.897 bits per heavy atom. The Balaban J connectivity index is 1.59. The Morgan fingerprint density at radius 2 is 1.59 bits per heavy atom. The van der Waals surface area contributed by atoms with Gasteiger partial charge in [0.2, 0.25) is 11.8 Å². The first kappa shape index (κ1) is 25.7. The van der Waals surface area contributed by atoms with Crippen molar-refractivity contribution in [2.24, 2.45) is 0 Å². The molecule has 39 heavy (non-hydrogen) atoms. The van der Waals surface area contributed by atoms with Crippen molar-refractivity contribution in [3.8, 4) is 5.75 Å². The summed E-state index contributed by atoms with van der Waals surface area (Å²) in [6.07, 6.45) is 0. The molecule has 5 aromatic rings. The summed E-state index contributed by atoms with van der Waals surface area (Å²) in [5.41, 5.74) is 4.45. The van der Waals surface area contributed by atoms with Crippen molar-refractivity contribution < 1.29 is 14.3 Å². The molecule has 0 aliphatic heterocycles. The average Bonchev–Trinajstić information content (AvgIpc) is 3.38. The van der Waals surface area contributed by atoms with E-state index in [1.807, 2.05) is 97.9 Å². The molecule has 8 nitrogen and oxygen atoms in total. The molecule has 0 saturated heterocycles. The summed E-state index contributed by atoms with van der Waals surface area (Å²) < 4.78 is 7.20. The number of amides is 2. The van der Waals surface area contributed by atoms with Crippen molar-refractivity contribution in [1.82, 2.24) is 20.3 Å². The van der Waals surface area contributed by atoms with Gasteiger partial charge in [-0.2, -0.15) is 0 Å². The van der Waals surface area contributed by atoms with Gasteiger partial charge in [-0.05, 0) is 47.9 Å². The van der Waals surface area contributed by atoms with E-state index in [0.717, 1.165) is 16.6 Å². The number of hydrogen-bond donors (Lipinski definition) is 1. The largest absolute Gasteiger partial charge is 0.495 e. The van der Waals surface area contributed by atoms with E-state index in [1.54, 1.807) is 23.9 Å². The molecule has 5 rings (SSSR count). The normalized spacial score (nSPS) is 11.6. The average molecular weight is 520 g/mol. The zero-order chi connectivity index (χ0) is 27.2. The number of carbonyl (C=O) groups excluding carboxylic acids is 2. The van der Waals surface area contributed by atoms with Gasteiger partial charge in [0, 0.05) is 6.54 Å². The van der Waals surface area contributed by atoms with Crippen LogP contribution in [0.15, 0.2) is 103 Å². The van der Waals surface area contributed by atoms with E-state index < -0.39 is 6.04 Å². The number of anilines is 1. The second-order valence-electron chi connectivity index (χ2n) is 9.13. The summed E-state index contributed by atoms with van der Waals surface area (Å²) in [6.45, 7) is 2.14. The fourth-order valence-corrected chi connectivity index (χ4v) is 4.66.